The van der Waals surface area contributed by atoms with Crippen molar-refractivity contribution in [3.63, 3.8) is 0 Å². The maximum absolute atomic E-state index is 12.5. The van der Waals surface area contributed by atoms with E-state index in [4.69, 9.17) is 15.9 Å². The standard InChI is InChI=1S/C23H26N3O2P/c1-26(23(24)25)17-22(27)28-18-29(19-11-5-2-6-12-19,20-13-7-3-8-14-20)21-15-9-4-10-16-21/h2-16,29H,17-18H2,1H3,(H3,24,25). The van der Waals surface area contributed by atoms with Crippen LogP contribution in [0.5, 0.6) is 0 Å². The number of hydrogen-bond donors (Lipinski definition) is 2. The summed E-state index contributed by atoms with van der Waals surface area (Å²) in [4.78, 5) is 13.9. The van der Waals surface area contributed by atoms with Crippen molar-refractivity contribution >= 4 is 35.1 Å². The minimum absolute atomic E-state index is 0.0574. The third kappa shape index (κ3) is 4.64. The SMILES string of the molecule is CN(CC(=O)OC[PH](c1ccccc1)(c1ccccc1)c1ccccc1)C(=N)N. The van der Waals surface area contributed by atoms with Gasteiger partial charge < -0.3 is 0 Å². The molecule has 0 unspecified atom stereocenters. The summed E-state index contributed by atoms with van der Waals surface area (Å²) in [6.45, 7) is -0.0574. The molecule has 3 aromatic rings. The third-order valence-corrected chi connectivity index (χ3v) is 9.56. The predicted molar refractivity (Wildman–Crippen MR) is 122 cm³/mol. The van der Waals surface area contributed by atoms with E-state index in [2.05, 4.69) is 36.4 Å². The van der Waals surface area contributed by atoms with Crippen molar-refractivity contribution in [2.45, 2.75) is 0 Å². The third-order valence-electron chi connectivity index (χ3n) is 5.03. The topological polar surface area (TPSA) is 79.4 Å². The quantitative estimate of drug-likeness (QED) is 0.272. The molecule has 0 amide bonds. The van der Waals surface area contributed by atoms with Crippen molar-refractivity contribution in [1.82, 2.24) is 4.90 Å². The van der Waals surface area contributed by atoms with E-state index in [9.17, 15) is 4.79 Å². The maximum atomic E-state index is 12.5. The van der Waals surface area contributed by atoms with Crippen LogP contribution in [0.2, 0.25) is 0 Å². The normalized spacial score (nSPS) is 11.5. The number of nitrogens with zero attached hydrogens (tertiary/aromatic N) is 1. The van der Waals surface area contributed by atoms with Crippen LogP contribution in [0.3, 0.4) is 0 Å². The molecule has 0 spiro atoms. The van der Waals surface area contributed by atoms with Gasteiger partial charge in [-0.05, 0) is 0 Å². The van der Waals surface area contributed by atoms with Gasteiger partial charge in [0.15, 0.2) is 0 Å². The Morgan fingerprint density at radius 3 is 1.59 bits per heavy atom. The Bertz CT molecular complexity index is 853. The summed E-state index contributed by atoms with van der Waals surface area (Å²) in [7, 11) is -1.01. The van der Waals surface area contributed by atoms with Gasteiger partial charge in [-0.15, -0.1) is 0 Å². The summed E-state index contributed by atoms with van der Waals surface area (Å²) >= 11 is 0. The molecule has 0 fully saturated rings. The molecule has 3 rings (SSSR count). The summed E-state index contributed by atoms with van der Waals surface area (Å²) in [6.07, 6.45) is 0.273. The monoisotopic (exact) mass is 407 g/mol. The van der Waals surface area contributed by atoms with Crippen molar-refractivity contribution in [2.24, 2.45) is 5.73 Å². The van der Waals surface area contributed by atoms with Crippen LogP contribution in [0.15, 0.2) is 91.0 Å². The van der Waals surface area contributed by atoms with Gasteiger partial charge in [0.05, 0.1) is 0 Å². The number of nitrogens with one attached hydrogen (secondary N) is 1. The Kier molecular flexibility index (Phi) is 6.63. The first kappa shape index (κ1) is 20.6. The van der Waals surface area contributed by atoms with Crippen LogP contribution in [0, 0.1) is 5.41 Å². The van der Waals surface area contributed by atoms with Gasteiger partial charge >= 0.3 is 172 Å². The van der Waals surface area contributed by atoms with Gasteiger partial charge in [-0.2, -0.15) is 0 Å². The van der Waals surface area contributed by atoms with E-state index in [0.717, 1.165) is 0 Å². The van der Waals surface area contributed by atoms with Crippen LogP contribution in [0.4, 0.5) is 0 Å². The number of guanidine groups is 1. The van der Waals surface area contributed by atoms with Gasteiger partial charge in [0.25, 0.3) is 0 Å². The number of esters is 1. The molecule has 3 N–H and O–H groups in total. The van der Waals surface area contributed by atoms with Crippen molar-refractivity contribution in [3.05, 3.63) is 91.0 Å². The van der Waals surface area contributed by atoms with Gasteiger partial charge in [0.2, 0.25) is 0 Å². The fourth-order valence-corrected chi connectivity index (χ4v) is 7.59. The molecule has 0 saturated heterocycles. The molecule has 0 aliphatic rings. The zero-order chi connectivity index (χ0) is 20.7. The van der Waals surface area contributed by atoms with Crippen LogP contribution in [0.25, 0.3) is 0 Å². The van der Waals surface area contributed by atoms with Crippen molar-refractivity contribution in [1.29, 1.82) is 5.41 Å². The Balaban J connectivity index is 2.05. The van der Waals surface area contributed by atoms with Crippen molar-refractivity contribution < 1.29 is 9.53 Å². The molecular weight excluding hydrogens is 381 g/mol. The fourth-order valence-electron chi connectivity index (χ4n) is 3.43. The summed E-state index contributed by atoms with van der Waals surface area (Å²) in [5.74, 6) is -0.568. The van der Waals surface area contributed by atoms with Gasteiger partial charge in [-0.25, -0.2) is 0 Å². The zero-order valence-corrected chi connectivity index (χ0v) is 17.4. The molecule has 6 heteroatoms. The zero-order valence-electron chi connectivity index (χ0n) is 16.4. The Hall–Kier alpha value is -3.17. The van der Waals surface area contributed by atoms with E-state index < -0.39 is 13.2 Å². The van der Waals surface area contributed by atoms with Crippen molar-refractivity contribution in [3.8, 4) is 0 Å². The molecule has 0 aliphatic carbocycles. The van der Waals surface area contributed by atoms with E-state index in [1.165, 1.54) is 20.8 Å². The molecule has 0 saturated carbocycles. The van der Waals surface area contributed by atoms with E-state index >= 15 is 0 Å². The van der Waals surface area contributed by atoms with E-state index in [1.54, 1.807) is 7.05 Å². The molecule has 0 heterocycles. The minimum atomic E-state index is -2.61. The molecular formula is C23H26N3O2P. The summed E-state index contributed by atoms with van der Waals surface area (Å²) in [5, 5.41) is 11.0. The molecule has 0 radical (unpaired) electrons. The van der Waals surface area contributed by atoms with Gasteiger partial charge in [-0.3, -0.25) is 0 Å². The first-order valence-electron chi connectivity index (χ1n) is 9.41. The number of likely N-dealkylation sites (N-methyl/N-ethyl adjacent to an activating group) is 1. The molecule has 0 bridgehead atoms. The average Bonchev–Trinajstić information content (AvgIpc) is 2.76. The van der Waals surface area contributed by atoms with Crippen molar-refractivity contribution in [2.75, 3.05) is 19.9 Å². The summed E-state index contributed by atoms with van der Waals surface area (Å²) < 4.78 is 5.82. The van der Waals surface area contributed by atoms with E-state index in [0.29, 0.717) is 0 Å². The van der Waals surface area contributed by atoms with E-state index in [-0.39, 0.29) is 18.9 Å². The number of carbonyl (C=O) groups is 1. The second-order valence-electron chi connectivity index (χ2n) is 6.91. The van der Waals surface area contributed by atoms with Crippen LogP contribution >= 0.6 is 7.26 Å². The molecule has 29 heavy (non-hydrogen) atoms. The number of benzene rings is 3. The van der Waals surface area contributed by atoms with Crippen LogP contribution < -0.4 is 21.6 Å². The molecule has 0 atom stereocenters. The molecule has 0 aliphatic heterocycles. The predicted octanol–water partition coefficient (Wildman–Crippen LogP) is 2.04. The number of nitrogens with two attached hydrogens (primary N) is 1. The number of rotatable bonds is 7. The Morgan fingerprint density at radius 2 is 1.24 bits per heavy atom. The molecule has 5 nitrogen and oxygen atoms in total. The van der Waals surface area contributed by atoms with Crippen LogP contribution in [-0.2, 0) is 9.53 Å². The molecule has 0 aromatic heterocycles. The van der Waals surface area contributed by atoms with Crippen LogP contribution in [-0.4, -0.2) is 36.8 Å². The molecule has 3 aromatic carbocycles. The Labute approximate surface area is 172 Å². The van der Waals surface area contributed by atoms with Gasteiger partial charge in [0, 0.05) is 0 Å². The van der Waals surface area contributed by atoms with Crippen LogP contribution in [0.1, 0.15) is 0 Å². The van der Waals surface area contributed by atoms with E-state index in [1.807, 2.05) is 54.6 Å². The van der Waals surface area contributed by atoms with Gasteiger partial charge in [0.1, 0.15) is 0 Å². The number of ether oxygens (including phenoxy) is 1. The fraction of sp³-hybridized carbons (Fsp3) is 0.130. The second kappa shape index (κ2) is 9.35. The Morgan fingerprint density at radius 1 is 0.862 bits per heavy atom. The first-order valence-corrected chi connectivity index (χ1v) is 11.6. The summed E-state index contributed by atoms with van der Waals surface area (Å²) in [6, 6.07) is 30.8. The number of hydrogen-bond acceptors (Lipinski definition) is 3. The molecule has 150 valence electrons. The second-order valence-corrected chi connectivity index (χ2v) is 10.7. The first-order chi connectivity index (χ1) is 14.0. The number of carbonyl (C=O) groups excluding carboxylic acids is 1. The average molecular weight is 407 g/mol. The van der Waals surface area contributed by atoms with Gasteiger partial charge in [-0.1, -0.05) is 0 Å². The summed E-state index contributed by atoms with van der Waals surface area (Å²) in [5.41, 5.74) is 5.45.